The largest absolute Gasteiger partial charge is 0.497 e. The predicted octanol–water partition coefficient (Wildman–Crippen LogP) is 4.08. The van der Waals surface area contributed by atoms with Crippen LogP contribution in [0.1, 0.15) is 25.8 Å². The zero-order chi connectivity index (χ0) is 13.5. The Morgan fingerprint density at radius 1 is 1.33 bits per heavy atom. The Kier molecular flexibility index (Phi) is 6.02. The fourth-order valence-electron chi connectivity index (χ4n) is 1.60. The number of rotatable bonds is 6. The number of methoxy groups -OCH3 is 1. The van der Waals surface area contributed by atoms with Crippen LogP contribution >= 0.6 is 11.8 Å². The summed E-state index contributed by atoms with van der Waals surface area (Å²) in [5, 5.41) is 9.45. The fourth-order valence-corrected chi connectivity index (χ4v) is 2.55. The summed E-state index contributed by atoms with van der Waals surface area (Å²) in [5.41, 5.74) is 2.13. The zero-order valence-electron chi connectivity index (χ0n) is 11.2. The Labute approximate surface area is 113 Å². The molecule has 1 aromatic carbocycles. The van der Waals surface area contributed by atoms with E-state index >= 15 is 0 Å². The molecule has 0 aliphatic rings. The second-order valence-electron chi connectivity index (χ2n) is 3.98. The van der Waals surface area contributed by atoms with Crippen LogP contribution in [0.3, 0.4) is 0 Å². The van der Waals surface area contributed by atoms with Crippen molar-refractivity contribution < 1.29 is 9.84 Å². The van der Waals surface area contributed by atoms with Crippen molar-refractivity contribution in [1.82, 2.24) is 0 Å². The predicted molar refractivity (Wildman–Crippen MR) is 79.7 cm³/mol. The van der Waals surface area contributed by atoms with Gasteiger partial charge in [-0.3, -0.25) is 0 Å². The first-order valence-corrected chi connectivity index (χ1v) is 6.74. The summed E-state index contributed by atoms with van der Waals surface area (Å²) < 4.78 is 5.15. The monoisotopic (exact) mass is 264 g/mol. The van der Waals surface area contributed by atoms with Gasteiger partial charge < -0.3 is 9.84 Å². The van der Waals surface area contributed by atoms with Crippen LogP contribution in [0.5, 0.6) is 5.75 Å². The molecule has 0 spiro atoms. The molecule has 0 saturated heterocycles. The van der Waals surface area contributed by atoms with E-state index in [0.717, 1.165) is 33.1 Å². The quantitative estimate of drug-likeness (QED) is 0.839. The second-order valence-corrected chi connectivity index (χ2v) is 5.29. The van der Waals surface area contributed by atoms with Crippen molar-refractivity contribution in [3.8, 4) is 5.75 Å². The van der Waals surface area contributed by atoms with Crippen molar-refractivity contribution in [3.05, 3.63) is 46.9 Å². The Balaban J connectivity index is 3.16. The zero-order valence-corrected chi connectivity index (χ0v) is 12.0. The first-order valence-electron chi connectivity index (χ1n) is 5.93. The van der Waals surface area contributed by atoms with Crippen molar-refractivity contribution >= 4 is 16.7 Å². The molecule has 0 saturated carbocycles. The van der Waals surface area contributed by atoms with Crippen molar-refractivity contribution in [2.75, 3.05) is 13.7 Å². The molecule has 98 valence electrons. The average molecular weight is 264 g/mol. The minimum Gasteiger partial charge on any atom is -0.497 e. The lowest BCUT2D eigenvalue weighted by Crippen LogP contribution is -1.94. The molecule has 0 radical (unpaired) electrons. The highest BCUT2D eigenvalue weighted by atomic mass is 32.2. The third kappa shape index (κ3) is 3.93. The van der Waals surface area contributed by atoms with Gasteiger partial charge in [-0.15, -0.1) is 0 Å². The number of hydrogen-bond acceptors (Lipinski definition) is 3. The molecular weight excluding hydrogens is 244 g/mol. The van der Waals surface area contributed by atoms with Gasteiger partial charge in [0.05, 0.1) is 13.7 Å². The Morgan fingerprint density at radius 2 is 1.94 bits per heavy atom. The van der Waals surface area contributed by atoms with E-state index in [4.69, 9.17) is 4.74 Å². The van der Waals surface area contributed by atoms with Crippen LogP contribution in [-0.2, 0) is 0 Å². The Hall–Kier alpha value is -1.19. The van der Waals surface area contributed by atoms with Gasteiger partial charge in [-0.25, -0.2) is 0 Å². The lowest BCUT2D eigenvalue weighted by molar-refractivity contribution is 0.328. The average Bonchev–Trinajstić information content (AvgIpc) is 2.38. The number of thioether (sulfide) groups is 1. The minimum atomic E-state index is 0.0815. The molecule has 1 aromatic rings. The normalized spacial score (nSPS) is 12.0. The maximum atomic E-state index is 9.45. The SMILES string of the molecule is C=C(C)S/C(=C(\CC)CO)c1ccc(OC)cc1. The summed E-state index contributed by atoms with van der Waals surface area (Å²) in [6, 6.07) is 7.88. The van der Waals surface area contributed by atoms with Crippen molar-refractivity contribution in [2.24, 2.45) is 0 Å². The molecular formula is C15H20O2S. The van der Waals surface area contributed by atoms with Gasteiger partial charge in [0, 0.05) is 4.91 Å². The number of hydrogen-bond donors (Lipinski definition) is 1. The molecule has 3 heteroatoms. The van der Waals surface area contributed by atoms with Gasteiger partial charge in [0.2, 0.25) is 0 Å². The highest BCUT2D eigenvalue weighted by Crippen LogP contribution is 2.36. The summed E-state index contributed by atoms with van der Waals surface area (Å²) in [6.45, 7) is 8.03. The van der Waals surface area contributed by atoms with E-state index in [-0.39, 0.29) is 6.61 Å². The smallest absolute Gasteiger partial charge is 0.118 e. The van der Waals surface area contributed by atoms with Crippen molar-refractivity contribution in [2.45, 2.75) is 20.3 Å². The van der Waals surface area contributed by atoms with Crippen LogP contribution in [0.25, 0.3) is 4.91 Å². The number of aliphatic hydroxyl groups is 1. The Bertz CT molecular complexity index is 426. The number of benzene rings is 1. The molecule has 1 N–H and O–H groups in total. The second kappa shape index (κ2) is 7.29. The van der Waals surface area contributed by atoms with E-state index in [1.807, 2.05) is 38.1 Å². The van der Waals surface area contributed by atoms with E-state index < -0.39 is 0 Å². The molecule has 1 rings (SSSR count). The van der Waals surface area contributed by atoms with Crippen LogP contribution in [0.4, 0.5) is 0 Å². The molecule has 0 unspecified atom stereocenters. The molecule has 0 bridgehead atoms. The van der Waals surface area contributed by atoms with E-state index in [1.54, 1.807) is 18.9 Å². The summed E-state index contributed by atoms with van der Waals surface area (Å²) >= 11 is 1.61. The molecule has 18 heavy (non-hydrogen) atoms. The molecule has 0 heterocycles. The van der Waals surface area contributed by atoms with Gasteiger partial charge in [0.25, 0.3) is 0 Å². The van der Waals surface area contributed by atoms with E-state index in [9.17, 15) is 5.11 Å². The summed E-state index contributed by atoms with van der Waals surface area (Å²) in [7, 11) is 1.65. The molecule has 0 aromatic heterocycles. The van der Waals surface area contributed by atoms with Crippen LogP contribution in [0.2, 0.25) is 0 Å². The number of ether oxygens (including phenoxy) is 1. The number of aliphatic hydroxyl groups excluding tert-OH is 1. The third-order valence-electron chi connectivity index (χ3n) is 2.57. The van der Waals surface area contributed by atoms with Gasteiger partial charge in [0.1, 0.15) is 5.75 Å². The topological polar surface area (TPSA) is 29.5 Å². The first kappa shape index (κ1) is 14.9. The minimum absolute atomic E-state index is 0.0815. The van der Waals surface area contributed by atoms with Crippen LogP contribution < -0.4 is 4.74 Å². The van der Waals surface area contributed by atoms with E-state index in [2.05, 4.69) is 6.58 Å². The molecule has 2 nitrogen and oxygen atoms in total. The van der Waals surface area contributed by atoms with Gasteiger partial charge >= 0.3 is 0 Å². The molecule has 0 aliphatic carbocycles. The maximum Gasteiger partial charge on any atom is 0.118 e. The summed E-state index contributed by atoms with van der Waals surface area (Å²) in [5.74, 6) is 0.834. The van der Waals surface area contributed by atoms with E-state index in [0.29, 0.717) is 0 Å². The molecule has 0 aliphatic heterocycles. The van der Waals surface area contributed by atoms with Crippen molar-refractivity contribution in [3.63, 3.8) is 0 Å². The highest BCUT2D eigenvalue weighted by Gasteiger charge is 2.09. The van der Waals surface area contributed by atoms with Crippen molar-refractivity contribution in [1.29, 1.82) is 0 Å². The van der Waals surface area contributed by atoms with Crippen LogP contribution in [-0.4, -0.2) is 18.8 Å². The van der Waals surface area contributed by atoms with Crippen LogP contribution in [0, 0.1) is 0 Å². The summed E-state index contributed by atoms with van der Waals surface area (Å²) in [4.78, 5) is 2.11. The van der Waals surface area contributed by atoms with Gasteiger partial charge in [-0.05, 0) is 41.5 Å². The van der Waals surface area contributed by atoms with Crippen LogP contribution in [0.15, 0.2) is 41.3 Å². The first-order chi connectivity index (χ1) is 8.62. The summed E-state index contributed by atoms with van der Waals surface area (Å²) in [6.07, 6.45) is 0.831. The molecule has 0 amide bonds. The fraction of sp³-hybridized carbons (Fsp3) is 0.333. The van der Waals surface area contributed by atoms with Gasteiger partial charge in [-0.2, -0.15) is 0 Å². The van der Waals surface area contributed by atoms with Gasteiger partial charge in [-0.1, -0.05) is 37.4 Å². The molecule has 0 atom stereocenters. The van der Waals surface area contributed by atoms with E-state index in [1.165, 1.54) is 0 Å². The number of allylic oxidation sites excluding steroid dienone is 1. The molecule has 0 fully saturated rings. The van der Waals surface area contributed by atoms with Gasteiger partial charge in [0.15, 0.2) is 0 Å². The Morgan fingerprint density at radius 3 is 2.33 bits per heavy atom. The lowest BCUT2D eigenvalue weighted by atomic mass is 10.1. The highest BCUT2D eigenvalue weighted by molar-refractivity contribution is 8.11. The lowest BCUT2D eigenvalue weighted by Gasteiger charge is -2.13. The standard InChI is InChI=1S/C15H20O2S/c1-5-12(10-16)15(18-11(2)3)13-6-8-14(17-4)9-7-13/h6-9,16H,2,5,10H2,1,3-4H3/b15-12+. The third-order valence-corrected chi connectivity index (χ3v) is 3.64. The maximum absolute atomic E-state index is 9.45.